The summed E-state index contributed by atoms with van der Waals surface area (Å²) < 4.78 is 10.8. The molecule has 1 aromatic heterocycles. The molecule has 1 atom stereocenters. The number of carbonyl (C=O) groups is 2. The maximum Gasteiger partial charge on any atom is 0.331 e. The second-order valence-corrected chi connectivity index (χ2v) is 7.55. The molecule has 8 heteroatoms. The Hall–Kier alpha value is -3.35. The van der Waals surface area contributed by atoms with Gasteiger partial charge in [0.15, 0.2) is 6.10 Å². The molecule has 0 aliphatic heterocycles. The van der Waals surface area contributed by atoms with E-state index >= 15 is 0 Å². The minimum absolute atomic E-state index is 0.327. The molecule has 1 heterocycles. The maximum absolute atomic E-state index is 12.3. The number of amides is 1. The van der Waals surface area contributed by atoms with Gasteiger partial charge in [-0.15, -0.1) is 0 Å². The number of aromatic nitrogens is 1. The summed E-state index contributed by atoms with van der Waals surface area (Å²) in [4.78, 5) is 28.5. The zero-order valence-electron chi connectivity index (χ0n) is 17.1. The molecule has 0 spiro atoms. The number of esters is 1. The second kappa shape index (κ2) is 11.3. The average Bonchev–Trinajstić information content (AvgIpc) is 2.80. The lowest BCUT2D eigenvalue weighted by Gasteiger charge is -2.13. The first-order chi connectivity index (χ1) is 15.4. The number of halogens is 2. The van der Waals surface area contributed by atoms with E-state index in [9.17, 15) is 9.59 Å². The molecule has 3 rings (SSSR count). The number of nitrogens with one attached hydrogen (secondary N) is 1. The van der Waals surface area contributed by atoms with E-state index in [0.29, 0.717) is 28.1 Å². The molecule has 0 aliphatic carbocycles. The van der Waals surface area contributed by atoms with Crippen molar-refractivity contribution in [3.63, 3.8) is 0 Å². The Labute approximate surface area is 195 Å². The van der Waals surface area contributed by atoms with Crippen molar-refractivity contribution < 1.29 is 19.1 Å². The smallest absolute Gasteiger partial charge is 0.331 e. The molecule has 0 radical (unpaired) electrons. The Bertz CT molecular complexity index is 1100. The SMILES string of the molecule is CC(OC(=O)C=Cc1ccc(OCc2ccccn2)cc1)C(=O)Nc1cc(Cl)ccc1Cl. The van der Waals surface area contributed by atoms with Gasteiger partial charge in [-0.05, 0) is 61.0 Å². The predicted octanol–water partition coefficient (Wildman–Crippen LogP) is 5.55. The number of hydrogen-bond donors (Lipinski definition) is 1. The molecule has 1 unspecified atom stereocenters. The molecule has 164 valence electrons. The van der Waals surface area contributed by atoms with Gasteiger partial charge in [-0.2, -0.15) is 0 Å². The Morgan fingerprint density at radius 3 is 2.59 bits per heavy atom. The van der Waals surface area contributed by atoms with Crippen LogP contribution in [0.15, 0.2) is 72.9 Å². The lowest BCUT2D eigenvalue weighted by molar-refractivity contribution is -0.148. The lowest BCUT2D eigenvalue weighted by Crippen LogP contribution is -2.29. The highest BCUT2D eigenvalue weighted by Gasteiger charge is 2.18. The van der Waals surface area contributed by atoms with E-state index in [-0.39, 0.29) is 0 Å². The summed E-state index contributed by atoms with van der Waals surface area (Å²) in [6.07, 6.45) is 3.52. The van der Waals surface area contributed by atoms with Gasteiger partial charge >= 0.3 is 5.97 Å². The number of ether oxygens (including phenoxy) is 2. The summed E-state index contributed by atoms with van der Waals surface area (Å²) >= 11 is 11.9. The van der Waals surface area contributed by atoms with Crippen LogP contribution >= 0.6 is 23.2 Å². The van der Waals surface area contributed by atoms with E-state index < -0.39 is 18.0 Å². The Morgan fingerprint density at radius 1 is 1.09 bits per heavy atom. The number of anilines is 1. The lowest BCUT2D eigenvalue weighted by atomic mass is 10.2. The Balaban J connectivity index is 1.48. The van der Waals surface area contributed by atoms with E-state index in [0.717, 1.165) is 11.3 Å². The summed E-state index contributed by atoms with van der Waals surface area (Å²) in [5.74, 6) is -0.494. The number of nitrogens with zero attached hydrogens (tertiary/aromatic N) is 1. The van der Waals surface area contributed by atoms with Crippen molar-refractivity contribution >= 4 is 46.8 Å². The van der Waals surface area contributed by atoms with Gasteiger partial charge in [0.25, 0.3) is 5.91 Å². The van der Waals surface area contributed by atoms with Gasteiger partial charge < -0.3 is 14.8 Å². The van der Waals surface area contributed by atoms with Crippen LogP contribution in [0, 0.1) is 0 Å². The largest absolute Gasteiger partial charge is 0.487 e. The fourth-order valence-electron chi connectivity index (χ4n) is 2.57. The van der Waals surface area contributed by atoms with Gasteiger partial charge in [0.2, 0.25) is 0 Å². The second-order valence-electron chi connectivity index (χ2n) is 6.70. The van der Waals surface area contributed by atoms with Crippen molar-refractivity contribution in [2.24, 2.45) is 0 Å². The maximum atomic E-state index is 12.3. The first kappa shape index (κ1) is 23.3. The summed E-state index contributed by atoms with van der Waals surface area (Å²) in [5.41, 5.74) is 1.94. The number of benzene rings is 2. The third kappa shape index (κ3) is 7.11. The number of hydrogen-bond acceptors (Lipinski definition) is 5. The van der Waals surface area contributed by atoms with Crippen LogP contribution in [0.3, 0.4) is 0 Å². The molecule has 1 N–H and O–H groups in total. The van der Waals surface area contributed by atoms with Crippen LogP contribution in [0.25, 0.3) is 6.08 Å². The molecule has 2 aromatic carbocycles. The normalized spacial score (nSPS) is 11.7. The van der Waals surface area contributed by atoms with Gasteiger partial charge in [-0.3, -0.25) is 9.78 Å². The third-order valence-electron chi connectivity index (χ3n) is 4.25. The molecule has 0 saturated heterocycles. The highest BCUT2D eigenvalue weighted by molar-refractivity contribution is 6.35. The Kier molecular flexibility index (Phi) is 8.25. The van der Waals surface area contributed by atoms with Crippen molar-refractivity contribution in [3.05, 3.63) is 94.2 Å². The topological polar surface area (TPSA) is 77.5 Å². The first-order valence-corrected chi connectivity index (χ1v) is 10.4. The zero-order chi connectivity index (χ0) is 22.9. The van der Waals surface area contributed by atoms with Crippen LogP contribution in [0.1, 0.15) is 18.2 Å². The molecule has 0 saturated carbocycles. The highest BCUT2D eigenvalue weighted by atomic mass is 35.5. The van der Waals surface area contributed by atoms with Gasteiger partial charge in [0, 0.05) is 17.3 Å². The van der Waals surface area contributed by atoms with Crippen LogP contribution in [-0.2, 0) is 20.9 Å². The van der Waals surface area contributed by atoms with Crippen LogP contribution in [0.4, 0.5) is 5.69 Å². The first-order valence-electron chi connectivity index (χ1n) is 9.68. The highest BCUT2D eigenvalue weighted by Crippen LogP contribution is 2.25. The molecule has 0 bridgehead atoms. The van der Waals surface area contributed by atoms with E-state index in [1.54, 1.807) is 48.7 Å². The van der Waals surface area contributed by atoms with E-state index in [4.69, 9.17) is 32.7 Å². The predicted molar refractivity (Wildman–Crippen MR) is 125 cm³/mol. The number of carbonyl (C=O) groups excluding carboxylic acids is 2. The summed E-state index contributed by atoms with van der Waals surface area (Å²) in [5, 5.41) is 3.33. The molecule has 3 aromatic rings. The fraction of sp³-hybridized carbons (Fsp3) is 0.125. The molecule has 0 aliphatic rings. The Morgan fingerprint density at radius 2 is 1.88 bits per heavy atom. The van der Waals surface area contributed by atoms with E-state index in [2.05, 4.69) is 10.3 Å². The van der Waals surface area contributed by atoms with Crippen molar-refractivity contribution in [1.29, 1.82) is 0 Å². The average molecular weight is 471 g/mol. The minimum atomic E-state index is -1.02. The molecular formula is C24H20Cl2N2O4. The quantitative estimate of drug-likeness (QED) is 0.344. The molecule has 32 heavy (non-hydrogen) atoms. The van der Waals surface area contributed by atoms with E-state index in [1.165, 1.54) is 19.1 Å². The monoisotopic (exact) mass is 470 g/mol. The van der Waals surface area contributed by atoms with Gasteiger partial charge in [0.05, 0.1) is 16.4 Å². The number of pyridine rings is 1. The molecule has 6 nitrogen and oxygen atoms in total. The standard InChI is InChI=1S/C24H20Cl2N2O4/c1-16(24(30)28-22-14-18(25)8-11-21(22)26)32-23(29)12-7-17-5-9-20(10-6-17)31-15-19-4-2-3-13-27-19/h2-14,16H,15H2,1H3,(H,28,30). The molecule has 1 amide bonds. The van der Waals surface area contributed by atoms with Gasteiger partial charge in [0.1, 0.15) is 12.4 Å². The van der Waals surface area contributed by atoms with Gasteiger partial charge in [-0.25, -0.2) is 4.79 Å². The van der Waals surface area contributed by atoms with Crippen molar-refractivity contribution in [2.45, 2.75) is 19.6 Å². The van der Waals surface area contributed by atoms with Crippen molar-refractivity contribution in [3.8, 4) is 5.75 Å². The van der Waals surface area contributed by atoms with Crippen molar-refractivity contribution in [2.75, 3.05) is 5.32 Å². The number of rotatable bonds is 8. The summed E-state index contributed by atoms with van der Waals surface area (Å²) in [6, 6.07) is 17.5. The van der Waals surface area contributed by atoms with E-state index in [1.807, 2.05) is 18.2 Å². The zero-order valence-corrected chi connectivity index (χ0v) is 18.6. The van der Waals surface area contributed by atoms with Crippen molar-refractivity contribution in [1.82, 2.24) is 4.98 Å². The van der Waals surface area contributed by atoms with Gasteiger partial charge in [-0.1, -0.05) is 41.4 Å². The summed E-state index contributed by atoms with van der Waals surface area (Å²) in [7, 11) is 0. The van der Waals surface area contributed by atoms with Crippen LogP contribution in [0.5, 0.6) is 5.75 Å². The third-order valence-corrected chi connectivity index (χ3v) is 4.82. The molecular weight excluding hydrogens is 451 g/mol. The summed E-state index contributed by atoms with van der Waals surface area (Å²) in [6.45, 7) is 1.83. The van der Waals surface area contributed by atoms with Crippen LogP contribution in [0.2, 0.25) is 10.0 Å². The molecule has 0 fully saturated rings. The minimum Gasteiger partial charge on any atom is -0.487 e. The van der Waals surface area contributed by atoms with Crippen LogP contribution < -0.4 is 10.1 Å². The van der Waals surface area contributed by atoms with Crippen LogP contribution in [-0.4, -0.2) is 23.0 Å². The fourth-order valence-corrected chi connectivity index (χ4v) is 2.91.